The summed E-state index contributed by atoms with van der Waals surface area (Å²) in [7, 11) is 0. The molecule has 0 atom stereocenters. The monoisotopic (exact) mass is 192 g/mol. The largest absolute Gasteiger partial charge is 0.270 e. The predicted octanol–water partition coefficient (Wildman–Crippen LogP) is 3.02. The summed E-state index contributed by atoms with van der Waals surface area (Å²) >= 11 is 0. The zero-order chi connectivity index (χ0) is 9.97. The molecule has 2 heteroatoms. The van der Waals surface area contributed by atoms with E-state index in [1.54, 1.807) is 0 Å². The van der Waals surface area contributed by atoms with Gasteiger partial charge < -0.3 is 0 Å². The van der Waals surface area contributed by atoms with Crippen LogP contribution in [-0.4, -0.2) is 9.78 Å². The van der Waals surface area contributed by atoms with Crippen molar-refractivity contribution in [3.8, 4) is 0 Å². The highest BCUT2D eigenvalue weighted by molar-refractivity contribution is 4.96. The molecule has 1 aliphatic carbocycles. The Morgan fingerprint density at radius 3 is 2.64 bits per heavy atom. The molecule has 0 radical (unpaired) electrons. The highest BCUT2D eigenvalue weighted by Gasteiger charge is 2.18. The fourth-order valence-corrected chi connectivity index (χ4v) is 2.35. The fourth-order valence-electron chi connectivity index (χ4n) is 2.35. The van der Waals surface area contributed by atoms with Crippen LogP contribution in [0.25, 0.3) is 0 Å². The Morgan fingerprint density at radius 2 is 2.07 bits per heavy atom. The summed E-state index contributed by atoms with van der Waals surface area (Å²) in [5.41, 5.74) is 1.30. The molecule has 0 saturated heterocycles. The van der Waals surface area contributed by atoms with E-state index in [2.05, 4.69) is 29.7 Å². The first kappa shape index (κ1) is 9.75. The standard InChI is InChI=1S/C12H20N2/c1-10-3-5-12(6-4-10)9-14-11(2)7-8-13-14/h7-8,10,12H,3-6,9H2,1-2H3. The maximum atomic E-state index is 4.35. The molecule has 1 fully saturated rings. The van der Waals surface area contributed by atoms with Crippen LogP contribution in [0.1, 0.15) is 38.3 Å². The van der Waals surface area contributed by atoms with E-state index in [0.717, 1.165) is 18.4 Å². The van der Waals surface area contributed by atoms with Crippen molar-refractivity contribution in [3.05, 3.63) is 18.0 Å². The molecule has 1 heterocycles. The van der Waals surface area contributed by atoms with Crippen molar-refractivity contribution in [1.29, 1.82) is 0 Å². The van der Waals surface area contributed by atoms with E-state index in [4.69, 9.17) is 0 Å². The Labute approximate surface area is 86.3 Å². The van der Waals surface area contributed by atoms with Crippen molar-refractivity contribution in [2.24, 2.45) is 11.8 Å². The molecule has 1 aromatic heterocycles. The lowest BCUT2D eigenvalue weighted by molar-refractivity contribution is 0.256. The SMILES string of the molecule is Cc1ccnn1CC1CCC(C)CC1. The van der Waals surface area contributed by atoms with E-state index in [1.165, 1.54) is 31.4 Å². The van der Waals surface area contributed by atoms with E-state index >= 15 is 0 Å². The maximum Gasteiger partial charge on any atom is 0.0492 e. The number of rotatable bonds is 2. The molecule has 0 bridgehead atoms. The summed E-state index contributed by atoms with van der Waals surface area (Å²) in [6.07, 6.45) is 7.50. The normalized spacial score (nSPS) is 27.9. The Hall–Kier alpha value is -0.790. The quantitative estimate of drug-likeness (QED) is 0.704. The van der Waals surface area contributed by atoms with Crippen LogP contribution >= 0.6 is 0 Å². The lowest BCUT2D eigenvalue weighted by Gasteiger charge is -2.26. The number of nitrogens with zero attached hydrogens (tertiary/aromatic N) is 2. The molecule has 78 valence electrons. The average molecular weight is 192 g/mol. The lowest BCUT2D eigenvalue weighted by atomic mass is 9.83. The fraction of sp³-hybridized carbons (Fsp3) is 0.750. The maximum absolute atomic E-state index is 4.35. The first-order valence-corrected chi connectivity index (χ1v) is 5.74. The molecule has 14 heavy (non-hydrogen) atoms. The second-order valence-corrected chi connectivity index (χ2v) is 4.78. The van der Waals surface area contributed by atoms with Gasteiger partial charge in [0.05, 0.1) is 0 Å². The van der Waals surface area contributed by atoms with Crippen LogP contribution in [0.15, 0.2) is 12.3 Å². The van der Waals surface area contributed by atoms with Crippen LogP contribution in [0.5, 0.6) is 0 Å². The van der Waals surface area contributed by atoms with E-state index in [9.17, 15) is 0 Å². The molecule has 0 amide bonds. The number of hydrogen-bond acceptors (Lipinski definition) is 1. The van der Waals surface area contributed by atoms with Crippen molar-refractivity contribution in [2.45, 2.75) is 46.1 Å². The van der Waals surface area contributed by atoms with Gasteiger partial charge in [-0.15, -0.1) is 0 Å². The number of aryl methyl sites for hydroxylation is 1. The molecular weight excluding hydrogens is 172 g/mol. The van der Waals surface area contributed by atoms with Gasteiger partial charge in [-0.2, -0.15) is 5.10 Å². The lowest BCUT2D eigenvalue weighted by Crippen LogP contribution is -2.18. The van der Waals surface area contributed by atoms with E-state index < -0.39 is 0 Å². The molecule has 0 spiro atoms. The minimum atomic E-state index is 0.866. The molecular formula is C12H20N2. The third kappa shape index (κ3) is 2.17. The van der Waals surface area contributed by atoms with Crippen molar-refractivity contribution in [1.82, 2.24) is 9.78 Å². The zero-order valence-electron chi connectivity index (χ0n) is 9.24. The molecule has 0 aromatic carbocycles. The van der Waals surface area contributed by atoms with Crippen LogP contribution < -0.4 is 0 Å². The van der Waals surface area contributed by atoms with E-state index in [0.29, 0.717) is 0 Å². The Balaban J connectivity index is 1.89. The smallest absolute Gasteiger partial charge is 0.0492 e. The van der Waals surface area contributed by atoms with Gasteiger partial charge in [-0.05, 0) is 37.7 Å². The first-order valence-electron chi connectivity index (χ1n) is 5.74. The third-order valence-corrected chi connectivity index (χ3v) is 3.50. The van der Waals surface area contributed by atoms with E-state index in [1.807, 2.05) is 6.20 Å². The van der Waals surface area contributed by atoms with Gasteiger partial charge >= 0.3 is 0 Å². The predicted molar refractivity (Wildman–Crippen MR) is 58.1 cm³/mol. The molecule has 0 aliphatic heterocycles. The van der Waals surface area contributed by atoms with Gasteiger partial charge in [0.25, 0.3) is 0 Å². The number of hydrogen-bond donors (Lipinski definition) is 0. The molecule has 2 rings (SSSR count). The molecule has 0 unspecified atom stereocenters. The van der Waals surface area contributed by atoms with Gasteiger partial charge in [0.2, 0.25) is 0 Å². The van der Waals surface area contributed by atoms with Crippen molar-refractivity contribution in [2.75, 3.05) is 0 Å². The molecule has 1 saturated carbocycles. The average Bonchev–Trinajstić information content (AvgIpc) is 2.56. The highest BCUT2D eigenvalue weighted by Crippen LogP contribution is 2.29. The van der Waals surface area contributed by atoms with Gasteiger partial charge in [-0.25, -0.2) is 0 Å². The van der Waals surface area contributed by atoms with Gasteiger partial charge in [0, 0.05) is 18.4 Å². The summed E-state index contributed by atoms with van der Waals surface area (Å²) in [6.45, 7) is 5.64. The molecule has 0 N–H and O–H groups in total. The van der Waals surface area contributed by atoms with Crippen molar-refractivity contribution in [3.63, 3.8) is 0 Å². The van der Waals surface area contributed by atoms with Gasteiger partial charge in [-0.1, -0.05) is 19.8 Å². The Kier molecular flexibility index (Phi) is 2.90. The van der Waals surface area contributed by atoms with Crippen molar-refractivity contribution < 1.29 is 0 Å². The van der Waals surface area contributed by atoms with Crippen molar-refractivity contribution >= 4 is 0 Å². The second-order valence-electron chi connectivity index (χ2n) is 4.78. The first-order chi connectivity index (χ1) is 6.75. The third-order valence-electron chi connectivity index (χ3n) is 3.50. The highest BCUT2D eigenvalue weighted by atomic mass is 15.3. The zero-order valence-corrected chi connectivity index (χ0v) is 9.24. The van der Waals surface area contributed by atoms with Crippen LogP contribution in [0.2, 0.25) is 0 Å². The topological polar surface area (TPSA) is 17.8 Å². The Bertz CT molecular complexity index is 282. The Morgan fingerprint density at radius 1 is 1.36 bits per heavy atom. The van der Waals surface area contributed by atoms with Gasteiger partial charge in [0.15, 0.2) is 0 Å². The van der Waals surface area contributed by atoms with Crippen LogP contribution in [0, 0.1) is 18.8 Å². The molecule has 1 aliphatic rings. The van der Waals surface area contributed by atoms with Gasteiger partial charge in [-0.3, -0.25) is 4.68 Å². The molecule has 1 aromatic rings. The minimum Gasteiger partial charge on any atom is -0.270 e. The van der Waals surface area contributed by atoms with Crippen LogP contribution in [-0.2, 0) is 6.54 Å². The number of aromatic nitrogens is 2. The minimum absolute atomic E-state index is 0.866. The van der Waals surface area contributed by atoms with Crippen LogP contribution in [0.3, 0.4) is 0 Å². The second kappa shape index (κ2) is 4.16. The summed E-state index contributed by atoms with van der Waals surface area (Å²) in [4.78, 5) is 0. The summed E-state index contributed by atoms with van der Waals surface area (Å²) in [6, 6.07) is 2.09. The van der Waals surface area contributed by atoms with E-state index in [-0.39, 0.29) is 0 Å². The molecule has 2 nitrogen and oxygen atoms in total. The van der Waals surface area contributed by atoms with Crippen LogP contribution in [0.4, 0.5) is 0 Å². The van der Waals surface area contributed by atoms with Gasteiger partial charge in [0.1, 0.15) is 0 Å². The summed E-state index contributed by atoms with van der Waals surface area (Å²) in [5, 5.41) is 4.35. The summed E-state index contributed by atoms with van der Waals surface area (Å²) in [5.74, 6) is 1.81. The summed E-state index contributed by atoms with van der Waals surface area (Å²) < 4.78 is 2.15.